The molecular weight excluding hydrogens is 368 g/mol. The molecule has 152 valence electrons. The number of benzene rings is 2. The molecule has 6 heteroatoms. The Morgan fingerprint density at radius 3 is 2.55 bits per heavy atom. The van der Waals surface area contributed by atoms with Crippen LogP contribution in [0.4, 0.5) is 0 Å². The molecule has 1 aliphatic rings. The predicted molar refractivity (Wildman–Crippen MR) is 113 cm³/mol. The third-order valence-corrected chi connectivity index (χ3v) is 5.93. The van der Waals surface area contributed by atoms with Crippen LogP contribution in [-0.4, -0.2) is 28.2 Å². The molecule has 1 amide bonds. The predicted octanol–water partition coefficient (Wildman–Crippen LogP) is 4.28. The highest BCUT2D eigenvalue weighted by atomic mass is 16.5. The molecule has 1 heterocycles. The largest absolute Gasteiger partial charge is 0.481 e. The fourth-order valence-electron chi connectivity index (χ4n) is 4.17. The fraction of sp³-hybridized carbons (Fsp3) is 0.391. The van der Waals surface area contributed by atoms with Crippen LogP contribution in [0.1, 0.15) is 54.9 Å². The number of nitrogens with zero attached hydrogens (tertiary/aromatic N) is 1. The van der Waals surface area contributed by atoms with Crippen LogP contribution in [0.25, 0.3) is 21.8 Å². The Bertz CT molecular complexity index is 1110. The number of primary amides is 1. The average molecular weight is 394 g/mol. The second-order valence-corrected chi connectivity index (χ2v) is 8.22. The topological polar surface area (TPSA) is 94.6 Å². The van der Waals surface area contributed by atoms with Crippen molar-refractivity contribution in [3.8, 4) is 5.75 Å². The van der Waals surface area contributed by atoms with Crippen molar-refractivity contribution >= 4 is 33.7 Å². The summed E-state index contributed by atoms with van der Waals surface area (Å²) in [6.45, 7) is 4.61. The quantitative estimate of drug-likeness (QED) is 0.625. The zero-order valence-corrected chi connectivity index (χ0v) is 16.8. The van der Waals surface area contributed by atoms with Gasteiger partial charge in [-0.2, -0.15) is 0 Å². The van der Waals surface area contributed by atoms with Gasteiger partial charge in [0, 0.05) is 17.5 Å². The Morgan fingerprint density at radius 1 is 1.21 bits per heavy atom. The van der Waals surface area contributed by atoms with E-state index in [2.05, 4.69) is 24.5 Å². The lowest BCUT2D eigenvalue weighted by Crippen LogP contribution is -2.18. The smallest absolute Gasteiger partial charge is 0.341 e. The molecule has 0 unspecified atom stereocenters. The number of carbonyl (C=O) groups excluding carboxylic acids is 1. The maximum Gasteiger partial charge on any atom is 0.341 e. The van der Waals surface area contributed by atoms with Gasteiger partial charge >= 0.3 is 5.97 Å². The summed E-state index contributed by atoms with van der Waals surface area (Å²) in [5.74, 6) is -0.203. The van der Waals surface area contributed by atoms with Crippen molar-refractivity contribution in [2.75, 3.05) is 6.61 Å². The number of nitrogens with two attached hydrogens (primary N) is 1. The van der Waals surface area contributed by atoms with Crippen molar-refractivity contribution in [2.24, 2.45) is 11.7 Å². The van der Waals surface area contributed by atoms with Gasteiger partial charge in [-0.25, -0.2) is 4.79 Å². The van der Waals surface area contributed by atoms with E-state index in [0.29, 0.717) is 17.2 Å². The van der Waals surface area contributed by atoms with Gasteiger partial charge in [0.15, 0.2) is 6.61 Å². The monoisotopic (exact) mass is 394 g/mol. The number of carbonyl (C=O) groups is 2. The van der Waals surface area contributed by atoms with Crippen LogP contribution < -0.4 is 10.5 Å². The van der Waals surface area contributed by atoms with E-state index in [-0.39, 0.29) is 5.92 Å². The number of carboxylic acids is 1. The van der Waals surface area contributed by atoms with Crippen LogP contribution in [-0.2, 0) is 11.3 Å². The minimum Gasteiger partial charge on any atom is -0.481 e. The zero-order chi connectivity index (χ0) is 20.7. The SMILES string of the molecule is CC(C)c1cc(OCC(=O)O)c2c3c(C(N)=O)cccc3n(CC3CCC3)c2c1. The normalized spacial score (nSPS) is 14.4. The molecule has 1 aromatic heterocycles. The highest BCUT2D eigenvalue weighted by molar-refractivity contribution is 6.19. The number of hydrogen-bond acceptors (Lipinski definition) is 3. The number of aliphatic carboxylic acids is 1. The van der Waals surface area contributed by atoms with E-state index in [1.165, 1.54) is 19.3 Å². The zero-order valence-electron chi connectivity index (χ0n) is 16.8. The molecule has 0 radical (unpaired) electrons. The molecule has 4 rings (SSSR count). The molecule has 1 fully saturated rings. The van der Waals surface area contributed by atoms with Crippen molar-refractivity contribution in [1.29, 1.82) is 0 Å². The van der Waals surface area contributed by atoms with Crippen LogP contribution in [0.5, 0.6) is 5.75 Å². The minimum atomic E-state index is -1.04. The van der Waals surface area contributed by atoms with Crippen LogP contribution in [0.3, 0.4) is 0 Å². The minimum absolute atomic E-state index is 0.248. The van der Waals surface area contributed by atoms with Crippen molar-refractivity contribution in [2.45, 2.75) is 45.6 Å². The van der Waals surface area contributed by atoms with Crippen molar-refractivity contribution in [3.63, 3.8) is 0 Å². The van der Waals surface area contributed by atoms with E-state index in [0.717, 1.165) is 33.9 Å². The van der Waals surface area contributed by atoms with Crippen LogP contribution >= 0.6 is 0 Å². The highest BCUT2D eigenvalue weighted by Crippen LogP contribution is 2.41. The lowest BCUT2D eigenvalue weighted by atomic mass is 9.85. The van der Waals surface area contributed by atoms with E-state index in [1.54, 1.807) is 6.07 Å². The van der Waals surface area contributed by atoms with E-state index >= 15 is 0 Å². The average Bonchev–Trinajstić information content (AvgIpc) is 2.96. The number of amides is 1. The Morgan fingerprint density at radius 2 is 1.97 bits per heavy atom. The Labute approximate surface area is 169 Å². The molecule has 29 heavy (non-hydrogen) atoms. The summed E-state index contributed by atoms with van der Waals surface area (Å²) in [5.41, 5.74) is 9.08. The third-order valence-electron chi connectivity index (χ3n) is 5.93. The van der Waals surface area contributed by atoms with Gasteiger partial charge < -0.3 is 20.1 Å². The van der Waals surface area contributed by atoms with Crippen LogP contribution in [0.2, 0.25) is 0 Å². The summed E-state index contributed by atoms with van der Waals surface area (Å²) in [6.07, 6.45) is 3.64. The first-order valence-corrected chi connectivity index (χ1v) is 10.1. The van der Waals surface area contributed by atoms with Crippen molar-refractivity contribution in [3.05, 3.63) is 41.5 Å². The number of rotatable bonds is 7. The fourth-order valence-corrected chi connectivity index (χ4v) is 4.17. The van der Waals surface area contributed by atoms with E-state index in [9.17, 15) is 9.59 Å². The van der Waals surface area contributed by atoms with E-state index < -0.39 is 18.5 Å². The summed E-state index contributed by atoms with van der Waals surface area (Å²) in [6, 6.07) is 9.59. The molecule has 1 aliphatic carbocycles. The molecule has 0 aliphatic heterocycles. The first-order chi connectivity index (χ1) is 13.9. The summed E-state index contributed by atoms with van der Waals surface area (Å²) in [5, 5.41) is 10.6. The first-order valence-electron chi connectivity index (χ1n) is 10.1. The van der Waals surface area contributed by atoms with Crippen LogP contribution in [0.15, 0.2) is 30.3 Å². The molecule has 0 bridgehead atoms. The van der Waals surface area contributed by atoms with E-state index in [4.69, 9.17) is 15.6 Å². The second-order valence-electron chi connectivity index (χ2n) is 8.22. The molecule has 2 aromatic carbocycles. The van der Waals surface area contributed by atoms with Gasteiger partial charge in [-0.1, -0.05) is 26.3 Å². The summed E-state index contributed by atoms with van der Waals surface area (Å²) in [7, 11) is 0. The van der Waals surface area contributed by atoms with Gasteiger partial charge in [-0.05, 0) is 54.5 Å². The van der Waals surface area contributed by atoms with Crippen LogP contribution in [0, 0.1) is 5.92 Å². The maximum atomic E-state index is 12.2. The van der Waals surface area contributed by atoms with Gasteiger partial charge in [0.1, 0.15) is 5.75 Å². The molecule has 0 atom stereocenters. The Kier molecular flexibility index (Phi) is 4.94. The van der Waals surface area contributed by atoms with Gasteiger partial charge in [0.25, 0.3) is 0 Å². The second kappa shape index (κ2) is 7.43. The summed E-state index contributed by atoms with van der Waals surface area (Å²) < 4.78 is 7.96. The maximum absolute atomic E-state index is 12.2. The summed E-state index contributed by atoms with van der Waals surface area (Å²) in [4.78, 5) is 23.3. The number of fused-ring (bicyclic) bond motifs is 3. The standard InChI is InChI=1S/C23H26N2O4/c1-13(2)15-9-18-22(19(10-15)29-12-20(26)27)21-16(23(24)28)7-4-8-17(21)25(18)11-14-5-3-6-14/h4,7-10,13-14H,3,5-6,11-12H2,1-2H3,(H2,24,28)(H,26,27). The van der Waals surface area contributed by atoms with Gasteiger partial charge in [-0.15, -0.1) is 0 Å². The first kappa shape index (κ1) is 19.3. The molecule has 0 spiro atoms. The van der Waals surface area contributed by atoms with Gasteiger partial charge in [0.05, 0.1) is 16.4 Å². The molecular formula is C23H26N2O4. The number of aromatic nitrogens is 1. The summed E-state index contributed by atoms with van der Waals surface area (Å²) >= 11 is 0. The Hall–Kier alpha value is -3.02. The highest BCUT2D eigenvalue weighted by Gasteiger charge is 2.25. The number of ether oxygens (including phenoxy) is 1. The molecule has 6 nitrogen and oxygen atoms in total. The molecule has 1 saturated carbocycles. The van der Waals surface area contributed by atoms with Crippen molar-refractivity contribution in [1.82, 2.24) is 4.57 Å². The molecule has 0 saturated heterocycles. The van der Waals surface area contributed by atoms with Gasteiger partial charge in [0.2, 0.25) is 5.91 Å². The lowest BCUT2D eigenvalue weighted by Gasteiger charge is -2.26. The lowest BCUT2D eigenvalue weighted by molar-refractivity contribution is -0.139. The number of carboxylic acid groups (broad SMARTS) is 1. The third kappa shape index (κ3) is 3.43. The number of hydrogen-bond donors (Lipinski definition) is 2. The molecule has 3 N–H and O–H groups in total. The van der Waals surface area contributed by atoms with Gasteiger partial charge in [-0.3, -0.25) is 4.79 Å². The molecule has 3 aromatic rings. The Balaban J connectivity index is 2.06. The van der Waals surface area contributed by atoms with Crippen molar-refractivity contribution < 1.29 is 19.4 Å². The van der Waals surface area contributed by atoms with E-state index in [1.807, 2.05) is 18.2 Å².